The normalized spacial score (nSPS) is 14.7. The molecule has 1 rings (SSSR count). The van der Waals surface area contributed by atoms with Gasteiger partial charge in [-0.25, -0.2) is 14.6 Å². The average Bonchev–Trinajstić information content (AvgIpc) is 2.14. The summed E-state index contributed by atoms with van der Waals surface area (Å²) >= 11 is 0. The van der Waals surface area contributed by atoms with Crippen molar-refractivity contribution in [1.29, 1.82) is 0 Å². The molecular weight excluding hydrogens is 200 g/mol. The second-order valence-electron chi connectivity index (χ2n) is 2.83. The van der Waals surface area contributed by atoms with Crippen molar-refractivity contribution in [1.82, 2.24) is 10.0 Å². The third-order valence-corrected chi connectivity index (χ3v) is 1.79. The van der Waals surface area contributed by atoms with Gasteiger partial charge in [-0.1, -0.05) is 6.58 Å². The molecule has 6 nitrogen and oxygen atoms in total. The topological polar surface area (TPSA) is 59.1 Å². The van der Waals surface area contributed by atoms with E-state index in [1.165, 1.54) is 0 Å². The number of ether oxygens (including phenoxy) is 2. The summed E-state index contributed by atoms with van der Waals surface area (Å²) in [4.78, 5) is 22.7. The molecule has 1 fully saturated rings. The second kappa shape index (κ2) is 4.68. The highest BCUT2D eigenvalue weighted by Crippen LogP contribution is 2.22. The Labute approximate surface area is 88.0 Å². The largest absolute Gasteiger partial charge is 0.448 e. The molecule has 0 saturated carbocycles. The smallest absolute Gasteiger partial charge is 0.433 e. The summed E-state index contributed by atoms with van der Waals surface area (Å²) in [5.74, 6) is 0. The summed E-state index contributed by atoms with van der Waals surface area (Å²) in [6.07, 6.45) is -1.18. The Morgan fingerprint density at radius 1 is 1.27 bits per heavy atom. The van der Waals surface area contributed by atoms with Gasteiger partial charge in [-0.3, -0.25) is 0 Å². The predicted molar refractivity (Wildman–Crippen MR) is 51.7 cm³/mol. The van der Waals surface area contributed by atoms with E-state index in [4.69, 9.17) is 9.47 Å². The second-order valence-corrected chi connectivity index (χ2v) is 2.83. The van der Waals surface area contributed by atoms with Gasteiger partial charge in [0, 0.05) is 0 Å². The molecule has 0 radical (unpaired) electrons. The maximum Gasteiger partial charge on any atom is 0.433 e. The lowest BCUT2D eigenvalue weighted by Crippen LogP contribution is -2.59. The molecule has 0 aromatic rings. The summed E-state index contributed by atoms with van der Waals surface area (Å²) in [6.45, 7) is 7.80. The van der Waals surface area contributed by atoms with E-state index in [-0.39, 0.29) is 19.8 Å². The van der Waals surface area contributed by atoms with E-state index in [9.17, 15) is 9.59 Å². The minimum Gasteiger partial charge on any atom is -0.448 e. The Morgan fingerprint density at radius 2 is 1.80 bits per heavy atom. The standard InChI is InChI=1S/C9H14N2O4/c1-4-14-8(12)10-6-7(3)11(10)9(13)15-5-2/h3-6H2,1-2H3. The number of hydrogen-bond donors (Lipinski definition) is 0. The van der Waals surface area contributed by atoms with Crippen LogP contribution < -0.4 is 0 Å². The van der Waals surface area contributed by atoms with Crippen molar-refractivity contribution in [2.75, 3.05) is 19.8 Å². The Bertz CT molecular complexity index is 290. The van der Waals surface area contributed by atoms with E-state index in [1.54, 1.807) is 13.8 Å². The van der Waals surface area contributed by atoms with Crippen LogP contribution in [0.25, 0.3) is 0 Å². The first-order valence-electron chi connectivity index (χ1n) is 4.70. The van der Waals surface area contributed by atoms with Crippen LogP contribution in [-0.2, 0) is 9.47 Å². The van der Waals surface area contributed by atoms with Gasteiger partial charge in [-0.2, -0.15) is 5.01 Å². The van der Waals surface area contributed by atoms with E-state index in [1.807, 2.05) is 0 Å². The van der Waals surface area contributed by atoms with Crippen LogP contribution in [0.4, 0.5) is 9.59 Å². The molecule has 0 unspecified atom stereocenters. The molecule has 1 aliphatic heterocycles. The summed E-state index contributed by atoms with van der Waals surface area (Å²) < 4.78 is 9.50. The minimum atomic E-state index is -0.609. The van der Waals surface area contributed by atoms with Crippen molar-refractivity contribution in [3.05, 3.63) is 12.3 Å². The van der Waals surface area contributed by atoms with Crippen LogP contribution in [0.5, 0.6) is 0 Å². The fraction of sp³-hybridized carbons (Fsp3) is 0.556. The summed E-state index contributed by atoms with van der Waals surface area (Å²) in [7, 11) is 0. The lowest BCUT2D eigenvalue weighted by Gasteiger charge is -2.42. The molecule has 0 aromatic carbocycles. The number of hydrazine groups is 1. The lowest BCUT2D eigenvalue weighted by molar-refractivity contribution is -0.0424. The van der Waals surface area contributed by atoms with Gasteiger partial charge < -0.3 is 9.47 Å². The number of rotatable bonds is 2. The molecule has 0 atom stereocenters. The highest BCUT2D eigenvalue weighted by molar-refractivity contribution is 5.78. The quantitative estimate of drug-likeness (QED) is 0.696. The number of hydrogen-bond acceptors (Lipinski definition) is 4. The molecule has 1 aliphatic rings. The molecule has 6 heteroatoms. The number of carbonyl (C=O) groups excluding carboxylic acids is 2. The van der Waals surface area contributed by atoms with Crippen molar-refractivity contribution < 1.29 is 19.1 Å². The third kappa shape index (κ3) is 2.20. The zero-order valence-electron chi connectivity index (χ0n) is 8.86. The average molecular weight is 214 g/mol. The summed E-state index contributed by atoms with van der Waals surface area (Å²) in [5, 5.41) is 2.21. The summed E-state index contributed by atoms with van der Waals surface area (Å²) in [6, 6.07) is 0. The molecule has 84 valence electrons. The molecule has 1 saturated heterocycles. The Hall–Kier alpha value is -1.72. The lowest BCUT2D eigenvalue weighted by atomic mass is 10.3. The number of nitrogens with zero attached hydrogens (tertiary/aromatic N) is 2. The molecule has 2 amide bonds. The van der Waals surface area contributed by atoms with Gasteiger partial charge >= 0.3 is 12.2 Å². The zero-order valence-corrected chi connectivity index (χ0v) is 8.86. The maximum atomic E-state index is 11.3. The Balaban J connectivity index is 2.58. The molecule has 15 heavy (non-hydrogen) atoms. The first-order chi connectivity index (χ1) is 7.11. The predicted octanol–water partition coefficient (Wildman–Crippen LogP) is 1.35. The van der Waals surface area contributed by atoms with Crippen LogP contribution in [-0.4, -0.2) is 42.0 Å². The van der Waals surface area contributed by atoms with E-state index in [0.29, 0.717) is 5.70 Å². The molecule has 0 aromatic heterocycles. The van der Waals surface area contributed by atoms with E-state index < -0.39 is 12.2 Å². The van der Waals surface area contributed by atoms with Gasteiger partial charge in [0.25, 0.3) is 0 Å². The molecule has 1 heterocycles. The Morgan fingerprint density at radius 3 is 2.27 bits per heavy atom. The van der Waals surface area contributed by atoms with Gasteiger partial charge in [-0.05, 0) is 13.8 Å². The molecule has 0 N–H and O–H groups in total. The minimum absolute atomic E-state index is 0.249. The van der Waals surface area contributed by atoms with Crippen molar-refractivity contribution in [3.8, 4) is 0 Å². The van der Waals surface area contributed by atoms with Crippen LogP contribution in [0.3, 0.4) is 0 Å². The van der Waals surface area contributed by atoms with Crippen molar-refractivity contribution in [2.45, 2.75) is 13.8 Å². The SMILES string of the molecule is C=C1CN(C(=O)OCC)N1C(=O)OCC. The molecule has 0 spiro atoms. The fourth-order valence-electron chi connectivity index (χ4n) is 1.16. The van der Waals surface area contributed by atoms with Crippen LogP contribution in [0.2, 0.25) is 0 Å². The fourth-order valence-corrected chi connectivity index (χ4v) is 1.16. The highest BCUT2D eigenvalue weighted by Gasteiger charge is 2.39. The van der Waals surface area contributed by atoms with Gasteiger partial charge in [-0.15, -0.1) is 0 Å². The van der Waals surface area contributed by atoms with Gasteiger partial charge in [0.2, 0.25) is 0 Å². The van der Waals surface area contributed by atoms with Gasteiger partial charge in [0.05, 0.1) is 25.5 Å². The van der Waals surface area contributed by atoms with Crippen LogP contribution in [0.1, 0.15) is 13.8 Å². The van der Waals surface area contributed by atoms with Gasteiger partial charge in [0.15, 0.2) is 0 Å². The maximum absolute atomic E-state index is 11.3. The van der Waals surface area contributed by atoms with Crippen LogP contribution in [0, 0.1) is 0 Å². The van der Waals surface area contributed by atoms with E-state index in [0.717, 1.165) is 10.0 Å². The monoisotopic (exact) mass is 214 g/mol. The van der Waals surface area contributed by atoms with Crippen molar-refractivity contribution in [2.24, 2.45) is 0 Å². The summed E-state index contributed by atoms with van der Waals surface area (Å²) in [5.41, 5.74) is 0.515. The number of amides is 2. The van der Waals surface area contributed by atoms with Crippen LogP contribution >= 0.6 is 0 Å². The number of carbonyl (C=O) groups is 2. The molecule has 0 bridgehead atoms. The highest BCUT2D eigenvalue weighted by atomic mass is 16.6. The first-order valence-corrected chi connectivity index (χ1v) is 4.70. The molecule has 0 aliphatic carbocycles. The van der Waals surface area contributed by atoms with Crippen molar-refractivity contribution in [3.63, 3.8) is 0 Å². The molecular formula is C9H14N2O4. The van der Waals surface area contributed by atoms with Crippen LogP contribution in [0.15, 0.2) is 12.3 Å². The van der Waals surface area contributed by atoms with Crippen molar-refractivity contribution >= 4 is 12.2 Å². The van der Waals surface area contributed by atoms with Gasteiger partial charge in [0.1, 0.15) is 0 Å². The Kier molecular flexibility index (Phi) is 3.54. The van der Waals surface area contributed by atoms with E-state index >= 15 is 0 Å². The zero-order chi connectivity index (χ0) is 11.4. The first kappa shape index (κ1) is 11.4. The third-order valence-electron chi connectivity index (χ3n) is 1.79. The van der Waals surface area contributed by atoms with E-state index in [2.05, 4.69) is 6.58 Å².